The summed E-state index contributed by atoms with van der Waals surface area (Å²) in [5.74, 6) is -0.293. The van der Waals surface area contributed by atoms with E-state index in [0.717, 1.165) is 12.0 Å². The van der Waals surface area contributed by atoms with E-state index in [1.54, 1.807) is 35.6 Å². The Bertz CT molecular complexity index is 1420. The smallest absolute Gasteiger partial charge is 0.251 e. The fourth-order valence-corrected chi connectivity index (χ4v) is 5.56. The van der Waals surface area contributed by atoms with E-state index in [2.05, 4.69) is 27.6 Å². The minimum absolute atomic E-state index is 0.0872. The summed E-state index contributed by atoms with van der Waals surface area (Å²) in [6.45, 7) is 2.05. The number of benzene rings is 3. The Kier molecular flexibility index (Phi) is 7.21. The van der Waals surface area contributed by atoms with E-state index < -0.39 is 10.0 Å². The van der Waals surface area contributed by atoms with Crippen LogP contribution in [0.3, 0.4) is 0 Å². The summed E-state index contributed by atoms with van der Waals surface area (Å²) in [5.41, 5.74) is 2.92. The van der Waals surface area contributed by atoms with Gasteiger partial charge in [0.1, 0.15) is 0 Å². The van der Waals surface area contributed by atoms with Gasteiger partial charge < -0.3 is 5.32 Å². The molecule has 2 N–H and O–H groups in total. The number of Topliss-reactive ketones (excluding diaryl/α,β-unsaturated/α-hetero) is 1. The van der Waals surface area contributed by atoms with Crippen molar-refractivity contribution in [2.24, 2.45) is 0 Å². The topological polar surface area (TPSA) is 92.3 Å². The highest BCUT2D eigenvalue weighted by atomic mass is 32.2. The first-order valence-corrected chi connectivity index (χ1v) is 13.1. The third kappa shape index (κ3) is 5.59. The number of rotatable bonds is 9. The first-order chi connectivity index (χ1) is 16.3. The molecule has 0 atom stereocenters. The van der Waals surface area contributed by atoms with Crippen LogP contribution in [-0.2, 0) is 23.0 Å². The molecule has 0 aliphatic carbocycles. The first-order valence-electron chi connectivity index (χ1n) is 10.8. The van der Waals surface area contributed by atoms with Gasteiger partial charge in [-0.2, -0.15) is 0 Å². The molecule has 4 aromatic rings. The molecule has 0 unspecified atom stereocenters. The molecule has 0 bridgehead atoms. The Hall–Kier alpha value is -3.33. The molecule has 0 saturated heterocycles. The lowest BCUT2D eigenvalue weighted by molar-refractivity contribution is 0.0953. The van der Waals surface area contributed by atoms with Gasteiger partial charge in [-0.1, -0.05) is 42.5 Å². The summed E-state index contributed by atoms with van der Waals surface area (Å²) in [6.07, 6.45) is 0.753. The van der Waals surface area contributed by atoms with Crippen LogP contribution in [0.25, 0.3) is 10.1 Å². The lowest BCUT2D eigenvalue weighted by atomic mass is 10.1. The van der Waals surface area contributed by atoms with E-state index in [9.17, 15) is 18.0 Å². The summed E-state index contributed by atoms with van der Waals surface area (Å²) in [4.78, 5) is 23.9. The second-order valence-electron chi connectivity index (χ2n) is 7.87. The van der Waals surface area contributed by atoms with E-state index in [1.165, 1.54) is 46.8 Å². The predicted octanol–water partition coefficient (Wildman–Crippen LogP) is 4.55. The molecule has 0 aliphatic heterocycles. The van der Waals surface area contributed by atoms with Gasteiger partial charge in [0.2, 0.25) is 10.0 Å². The van der Waals surface area contributed by atoms with Gasteiger partial charge in [0.15, 0.2) is 5.78 Å². The van der Waals surface area contributed by atoms with Crippen LogP contribution in [0, 0.1) is 0 Å². The van der Waals surface area contributed by atoms with E-state index >= 15 is 0 Å². The molecule has 0 spiro atoms. The van der Waals surface area contributed by atoms with Gasteiger partial charge in [0, 0.05) is 28.9 Å². The molecular weight excluding hydrogens is 468 g/mol. The number of hydrogen-bond acceptors (Lipinski definition) is 5. The standard InChI is InChI=1S/C26H24N2O4S2/c1-18(29)20-10-12-23(13-11-20)34(31,32)28-16-19-6-8-21(9-7-19)26(30)27-15-14-22-17-33-25-5-3-2-4-24(22)25/h2-13,17,28H,14-16H2,1H3,(H,27,30). The zero-order valence-electron chi connectivity index (χ0n) is 18.6. The first kappa shape index (κ1) is 23.8. The molecule has 6 nitrogen and oxygen atoms in total. The maximum absolute atomic E-state index is 12.5. The number of carbonyl (C=O) groups is 2. The van der Waals surface area contributed by atoms with Crippen LogP contribution < -0.4 is 10.0 Å². The normalized spacial score (nSPS) is 11.4. The second-order valence-corrected chi connectivity index (χ2v) is 10.5. The quantitative estimate of drug-likeness (QED) is 0.335. The fraction of sp³-hybridized carbons (Fsp3) is 0.154. The number of nitrogens with one attached hydrogen (secondary N) is 2. The van der Waals surface area contributed by atoms with Crippen molar-refractivity contribution in [3.05, 3.63) is 100 Å². The highest BCUT2D eigenvalue weighted by molar-refractivity contribution is 7.89. The van der Waals surface area contributed by atoms with Crippen molar-refractivity contribution in [2.75, 3.05) is 6.54 Å². The van der Waals surface area contributed by atoms with Crippen LogP contribution >= 0.6 is 11.3 Å². The Labute approximate surface area is 202 Å². The van der Waals surface area contributed by atoms with E-state index in [4.69, 9.17) is 0 Å². The maximum Gasteiger partial charge on any atom is 0.251 e. The van der Waals surface area contributed by atoms with Crippen LogP contribution in [0.2, 0.25) is 0 Å². The molecule has 174 valence electrons. The minimum atomic E-state index is -3.72. The van der Waals surface area contributed by atoms with E-state index in [-0.39, 0.29) is 23.1 Å². The van der Waals surface area contributed by atoms with Crippen LogP contribution in [0.4, 0.5) is 0 Å². The van der Waals surface area contributed by atoms with Crippen molar-refractivity contribution < 1.29 is 18.0 Å². The average molecular weight is 493 g/mol. The largest absolute Gasteiger partial charge is 0.352 e. The van der Waals surface area contributed by atoms with Crippen molar-refractivity contribution in [1.82, 2.24) is 10.0 Å². The number of thiophene rings is 1. The summed E-state index contributed by atoms with van der Waals surface area (Å²) in [5, 5.41) is 6.30. The van der Waals surface area contributed by atoms with E-state index in [0.29, 0.717) is 17.7 Å². The van der Waals surface area contributed by atoms with Gasteiger partial charge >= 0.3 is 0 Å². The third-order valence-electron chi connectivity index (χ3n) is 5.49. The average Bonchev–Trinajstić information content (AvgIpc) is 3.26. The third-order valence-corrected chi connectivity index (χ3v) is 7.92. The Morgan fingerprint density at radius 2 is 1.56 bits per heavy atom. The number of sulfonamides is 1. The van der Waals surface area contributed by atoms with Gasteiger partial charge in [-0.15, -0.1) is 11.3 Å². The SMILES string of the molecule is CC(=O)c1ccc(S(=O)(=O)NCc2ccc(C(=O)NCCc3csc4ccccc34)cc2)cc1. The van der Waals surface area contributed by atoms with Crippen molar-refractivity contribution >= 4 is 43.1 Å². The lowest BCUT2D eigenvalue weighted by Gasteiger charge is -2.09. The molecule has 8 heteroatoms. The molecule has 3 aromatic carbocycles. The molecule has 0 radical (unpaired) electrons. The highest BCUT2D eigenvalue weighted by Crippen LogP contribution is 2.25. The van der Waals surface area contributed by atoms with Crippen molar-refractivity contribution in [3.8, 4) is 0 Å². The van der Waals surface area contributed by atoms with Gasteiger partial charge in [0.05, 0.1) is 4.90 Å². The van der Waals surface area contributed by atoms with Gasteiger partial charge in [0.25, 0.3) is 5.91 Å². The summed E-state index contributed by atoms with van der Waals surface area (Å²) in [7, 11) is -3.72. The number of ketones is 1. The monoisotopic (exact) mass is 492 g/mol. The van der Waals surface area contributed by atoms with Crippen molar-refractivity contribution in [2.45, 2.75) is 24.8 Å². The van der Waals surface area contributed by atoms with Crippen LogP contribution in [0.5, 0.6) is 0 Å². The molecule has 4 rings (SSSR count). The van der Waals surface area contributed by atoms with Crippen molar-refractivity contribution in [3.63, 3.8) is 0 Å². The van der Waals surface area contributed by atoms with Crippen molar-refractivity contribution in [1.29, 1.82) is 0 Å². The molecule has 0 fully saturated rings. The number of amides is 1. The molecule has 1 amide bonds. The molecule has 1 heterocycles. The Morgan fingerprint density at radius 3 is 2.26 bits per heavy atom. The summed E-state index contributed by atoms with van der Waals surface area (Å²) < 4.78 is 28.8. The number of carbonyl (C=O) groups excluding carboxylic acids is 2. The van der Waals surface area contributed by atoms with Crippen LogP contribution in [-0.4, -0.2) is 26.7 Å². The molecule has 1 aromatic heterocycles. The lowest BCUT2D eigenvalue weighted by Crippen LogP contribution is -2.26. The zero-order chi connectivity index (χ0) is 24.1. The zero-order valence-corrected chi connectivity index (χ0v) is 20.2. The summed E-state index contributed by atoms with van der Waals surface area (Å²) >= 11 is 1.70. The minimum Gasteiger partial charge on any atom is -0.352 e. The number of fused-ring (bicyclic) bond motifs is 1. The molecular formula is C26H24N2O4S2. The highest BCUT2D eigenvalue weighted by Gasteiger charge is 2.14. The second kappa shape index (κ2) is 10.3. The van der Waals surface area contributed by atoms with Gasteiger partial charge in [-0.25, -0.2) is 13.1 Å². The number of hydrogen-bond donors (Lipinski definition) is 2. The summed E-state index contributed by atoms with van der Waals surface area (Å²) in [6, 6.07) is 20.8. The molecule has 0 saturated carbocycles. The maximum atomic E-state index is 12.5. The fourth-order valence-electron chi connectivity index (χ4n) is 3.54. The van der Waals surface area contributed by atoms with E-state index in [1.807, 2.05) is 12.1 Å². The van der Waals surface area contributed by atoms with Gasteiger partial charge in [-0.05, 0) is 65.6 Å². The van der Waals surface area contributed by atoms with Crippen LogP contribution in [0.1, 0.15) is 38.8 Å². The molecule has 0 aliphatic rings. The Balaban J connectivity index is 1.30. The Morgan fingerprint density at radius 1 is 0.882 bits per heavy atom. The predicted molar refractivity (Wildman–Crippen MR) is 135 cm³/mol. The van der Waals surface area contributed by atoms with Gasteiger partial charge in [-0.3, -0.25) is 9.59 Å². The van der Waals surface area contributed by atoms with Crippen LogP contribution in [0.15, 0.2) is 83.1 Å². The molecule has 34 heavy (non-hydrogen) atoms.